The van der Waals surface area contributed by atoms with Crippen LogP contribution >= 0.6 is 0 Å². The smallest absolute Gasteiger partial charge is 0.314 e. The zero-order chi connectivity index (χ0) is 11.3. The molecule has 1 rings (SSSR count). The Morgan fingerprint density at radius 2 is 2.00 bits per heavy atom. The SMILES string of the molecule is CC(=O)OCCC1CCN(C(N)=O)CC1. The predicted octanol–water partition coefficient (Wildman–Crippen LogP) is 0.730. The molecule has 5 heteroatoms. The fourth-order valence-corrected chi connectivity index (χ4v) is 1.81. The number of piperidine rings is 1. The van der Waals surface area contributed by atoms with Gasteiger partial charge in [0.15, 0.2) is 0 Å². The van der Waals surface area contributed by atoms with Crippen LogP contribution in [0.1, 0.15) is 26.2 Å². The van der Waals surface area contributed by atoms with E-state index < -0.39 is 0 Å². The van der Waals surface area contributed by atoms with Gasteiger partial charge in [0.25, 0.3) is 0 Å². The Morgan fingerprint density at radius 3 is 2.47 bits per heavy atom. The molecule has 0 aliphatic carbocycles. The minimum Gasteiger partial charge on any atom is -0.466 e. The lowest BCUT2D eigenvalue weighted by Crippen LogP contribution is -2.41. The number of esters is 1. The lowest BCUT2D eigenvalue weighted by molar-refractivity contribution is -0.141. The van der Waals surface area contributed by atoms with Crippen molar-refractivity contribution in [3.05, 3.63) is 0 Å². The van der Waals surface area contributed by atoms with Crippen LogP contribution in [0.25, 0.3) is 0 Å². The lowest BCUT2D eigenvalue weighted by atomic mass is 9.94. The van der Waals surface area contributed by atoms with Crippen molar-refractivity contribution in [3.63, 3.8) is 0 Å². The summed E-state index contributed by atoms with van der Waals surface area (Å²) in [5.74, 6) is 0.310. The van der Waals surface area contributed by atoms with Crippen molar-refractivity contribution in [2.24, 2.45) is 11.7 Å². The molecule has 86 valence electrons. The first kappa shape index (κ1) is 11.8. The molecule has 5 nitrogen and oxygen atoms in total. The fraction of sp³-hybridized carbons (Fsp3) is 0.800. The van der Waals surface area contributed by atoms with Crippen LogP contribution < -0.4 is 5.73 Å². The highest BCUT2D eigenvalue weighted by atomic mass is 16.5. The molecule has 0 unspecified atom stereocenters. The molecular formula is C10H18N2O3. The molecule has 0 saturated carbocycles. The van der Waals surface area contributed by atoms with Crippen molar-refractivity contribution < 1.29 is 14.3 Å². The molecule has 0 spiro atoms. The van der Waals surface area contributed by atoms with Crippen LogP contribution in [0.4, 0.5) is 4.79 Å². The third-order valence-corrected chi connectivity index (χ3v) is 2.76. The number of hydrogen-bond acceptors (Lipinski definition) is 3. The highest BCUT2D eigenvalue weighted by molar-refractivity contribution is 5.72. The van der Waals surface area contributed by atoms with Crippen molar-refractivity contribution in [2.75, 3.05) is 19.7 Å². The summed E-state index contributed by atoms with van der Waals surface area (Å²) in [7, 11) is 0. The highest BCUT2D eigenvalue weighted by Crippen LogP contribution is 2.20. The van der Waals surface area contributed by atoms with Crippen molar-refractivity contribution in [1.82, 2.24) is 4.90 Å². The summed E-state index contributed by atoms with van der Waals surface area (Å²) in [6, 6.07) is -0.339. The van der Waals surface area contributed by atoms with E-state index in [9.17, 15) is 9.59 Å². The summed E-state index contributed by atoms with van der Waals surface area (Å²) in [5, 5.41) is 0. The van der Waals surface area contributed by atoms with E-state index in [1.807, 2.05) is 0 Å². The van der Waals surface area contributed by atoms with Gasteiger partial charge in [0.05, 0.1) is 6.61 Å². The molecule has 1 saturated heterocycles. The van der Waals surface area contributed by atoms with E-state index in [-0.39, 0.29) is 12.0 Å². The third-order valence-electron chi connectivity index (χ3n) is 2.76. The molecule has 1 fully saturated rings. The van der Waals surface area contributed by atoms with Gasteiger partial charge < -0.3 is 15.4 Å². The fourth-order valence-electron chi connectivity index (χ4n) is 1.81. The van der Waals surface area contributed by atoms with Gasteiger partial charge in [-0.1, -0.05) is 0 Å². The van der Waals surface area contributed by atoms with Crippen LogP contribution in [0.3, 0.4) is 0 Å². The number of likely N-dealkylation sites (tertiary alicyclic amines) is 1. The summed E-state index contributed by atoms with van der Waals surface area (Å²) in [6.45, 7) is 3.34. The minimum absolute atomic E-state index is 0.232. The van der Waals surface area contributed by atoms with E-state index in [0.717, 1.165) is 32.4 Å². The Balaban J connectivity index is 2.14. The van der Waals surface area contributed by atoms with Gasteiger partial charge in [0, 0.05) is 20.0 Å². The molecule has 0 aromatic rings. The molecule has 0 aromatic heterocycles. The Bertz CT molecular complexity index is 232. The average molecular weight is 214 g/mol. The van der Waals surface area contributed by atoms with E-state index in [2.05, 4.69) is 0 Å². The molecule has 15 heavy (non-hydrogen) atoms. The van der Waals surface area contributed by atoms with Gasteiger partial charge in [0.1, 0.15) is 0 Å². The van der Waals surface area contributed by atoms with Crippen molar-refractivity contribution in [1.29, 1.82) is 0 Å². The number of primary amides is 1. The summed E-state index contributed by atoms with van der Waals surface area (Å²) in [4.78, 5) is 23.0. The molecular weight excluding hydrogens is 196 g/mol. The monoisotopic (exact) mass is 214 g/mol. The first-order chi connectivity index (χ1) is 7.09. The number of nitrogens with zero attached hydrogens (tertiary/aromatic N) is 1. The first-order valence-corrected chi connectivity index (χ1v) is 5.27. The van der Waals surface area contributed by atoms with Crippen molar-refractivity contribution in [2.45, 2.75) is 26.2 Å². The Kier molecular flexibility index (Phi) is 4.39. The largest absolute Gasteiger partial charge is 0.466 e. The summed E-state index contributed by atoms with van der Waals surface area (Å²) in [5.41, 5.74) is 5.17. The first-order valence-electron chi connectivity index (χ1n) is 5.27. The van der Waals surface area contributed by atoms with E-state index in [1.165, 1.54) is 6.92 Å². The molecule has 0 radical (unpaired) electrons. The quantitative estimate of drug-likeness (QED) is 0.704. The Morgan fingerprint density at radius 1 is 1.40 bits per heavy atom. The van der Waals surface area contributed by atoms with Crippen LogP contribution in [0.5, 0.6) is 0 Å². The van der Waals surface area contributed by atoms with Crippen LogP contribution in [0.2, 0.25) is 0 Å². The maximum atomic E-state index is 10.8. The van der Waals surface area contributed by atoms with Crippen molar-refractivity contribution in [3.8, 4) is 0 Å². The minimum atomic E-state index is -0.339. The molecule has 0 atom stereocenters. The predicted molar refractivity (Wildman–Crippen MR) is 55.1 cm³/mol. The van der Waals surface area contributed by atoms with Gasteiger partial charge in [-0.05, 0) is 25.2 Å². The molecule has 0 aromatic carbocycles. The second kappa shape index (κ2) is 5.58. The van der Waals surface area contributed by atoms with E-state index in [1.54, 1.807) is 4.90 Å². The van der Waals surface area contributed by atoms with Crippen LogP contribution in [-0.2, 0) is 9.53 Å². The van der Waals surface area contributed by atoms with Crippen LogP contribution in [0.15, 0.2) is 0 Å². The highest BCUT2D eigenvalue weighted by Gasteiger charge is 2.20. The van der Waals surface area contributed by atoms with Gasteiger partial charge in [-0.15, -0.1) is 0 Å². The van der Waals surface area contributed by atoms with Gasteiger partial charge in [-0.2, -0.15) is 0 Å². The zero-order valence-electron chi connectivity index (χ0n) is 9.07. The number of hydrogen-bond donors (Lipinski definition) is 1. The number of amides is 2. The molecule has 2 amide bonds. The number of urea groups is 1. The van der Waals surface area contributed by atoms with Crippen LogP contribution in [-0.4, -0.2) is 36.6 Å². The second-order valence-electron chi connectivity index (χ2n) is 3.90. The van der Waals surface area contributed by atoms with Crippen LogP contribution in [0, 0.1) is 5.92 Å². The number of ether oxygens (including phenoxy) is 1. The molecule has 0 bridgehead atoms. The maximum absolute atomic E-state index is 10.8. The second-order valence-corrected chi connectivity index (χ2v) is 3.90. The molecule has 1 heterocycles. The van der Waals surface area contributed by atoms with E-state index >= 15 is 0 Å². The topological polar surface area (TPSA) is 72.6 Å². The standard InChI is InChI=1S/C10H18N2O3/c1-8(13)15-7-4-9-2-5-12(6-3-9)10(11)14/h9H,2-7H2,1H3,(H2,11,14). The molecule has 1 aliphatic heterocycles. The summed E-state index contributed by atoms with van der Waals surface area (Å²) < 4.78 is 4.87. The number of nitrogens with two attached hydrogens (primary N) is 1. The van der Waals surface area contributed by atoms with Gasteiger partial charge >= 0.3 is 12.0 Å². The molecule has 1 aliphatic rings. The van der Waals surface area contributed by atoms with Gasteiger partial charge in [0.2, 0.25) is 0 Å². The Hall–Kier alpha value is -1.26. The third kappa shape index (κ3) is 4.18. The maximum Gasteiger partial charge on any atom is 0.314 e. The zero-order valence-corrected chi connectivity index (χ0v) is 9.07. The number of carbonyl (C=O) groups is 2. The normalized spacial score (nSPS) is 17.5. The van der Waals surface area contributed by atoms with E-state index in [0.29, 0.717) is 12.5 Å². The van der Waals surface area contributed by atoms with Gasteiger partial charge in [-0.25, -0.2) is 4.79 Å². The van der Waals surface area contributed by atoms with E-state index in [4.69, 9.17) is 10.5 Å². The van der Waals surface area contributed by atoms with Crippen molar-refractivity contribution >= 4 is 12.0 Å². The molecule has 2 N–H and O–H groups in total. The summed E-state index contributed by atoms with van der Waals surface area (Å²) >= 11 is 0. The number of rotatable bonds is 3. The summed E-state index contributed by atoms with van der Waals surface area (Å²) in [6.07, 6.45) is 2.78. The lowest BCUT2D eigenvalue weighted by Gasteiger charge is -2.30. The van der Waals surface area contributed by atoms with Gasteiger partial charge in [-0.3, -0.25) is 4.79 Å². The number of carbonyl (C=O) groups excluding carboxylic acids is 2. The average Bonchev–Trinajstić information content (AvgIpc) is 2.18. The Labute approximate surface area is 89.6 Å².